The number of ether oxygens (including phenoxy) is 1. The van der Waals surface area contributed by atoms with Crippen molar-refractivity contribution in [3.63, 3.8) is 0 Å². The number of halogens is 1. The Morgan fingerprint density at radius 2 is 0.600 bits per heavy atom. The number of hydrogen-bond acceptors (Lipinski definition) is 16. The van der Waals surface area contributed by atoms with Gasteiger partial charge in [-0.25, -0.2) is 4.39 Å². The highest BCUT2D eigenvalue weighted by Crippen LogP contribution is 2.42. The summed E-state index contributed by atoms with van der Waals surface area (Å²) in [4.78, 5) is 131. The van der Waals surface area contributed by atoms with Crippen LogP contribution in [-0.4, -0.2) is 210 Å². The summed E-state index contributed by atoms with van der Waals surface area (Å²) in [5, 5.41) is 9.85. The fourth-order valence-corrected chi connectivity index (χ4v) is 19.5. The van der Waals surface area contributed by atoms with Crippen LogP contribution in [0.1, 0.15) is 252 Å². The van der Waals surface area contributed by atoms with E-state index in [-0.39, 0.29) is 63.4 Å². The molecule has 1 unspecified atom stereocenters. The molecule has 1 saturated heterocycles. The number of Topliss-reactive ketones (excluding diaryl/α,β-unsaturated/α-hetero) is 10. The van der Waals surface area contributed by atoms with Gasteiger partial charge >= 0.3 is 0 Å². The van der Waals surface area contributed by atoms with Crippen LogP contribution in [0.5, 0.6) is 5.75 Å². The molecule has 21 nitrogen and oxygen atoms in total. The number of benzene rings is 10. The topological polar surface area (TPSA) is 221 Å². The molecule has 10 aromatic carbocycles. The molecule has 708 valence electrons. The average molecular weight is 1830 g/mol. The zero-order valence-corrected chi connectivity index (χ0v) is 83.1. The first-order chi connectivity index (χ1) is 64.5. The Labute approximate surface area is 792 Å². The van der Waals surface area contributed by atoms with E-state index >= 15 is 0 Å². The van der Waals surface area contributed by atoms with Gasteiger partial charge in [-0.1, -0.05) is 55.4 Å². The lowest BCUT2D eigenvalue weighted by molar-refractivity contribution is 0.100. The molecule has 0 amide bonds. The SMILES string of the molecule is CC(=O)c1ccc2c(c1)c1cc(C(C)=O)ccc1n2CC1CCCN1C.CCN(CC)CCn1c2ccc(C(C)=O)cc2c2c(C)c(C(C)=O)ccc21.CCN(CC)CCn1c2ccc(C(C)=O)cc2c2c(OC)c(C(C)=O)ccc21.CCN(CC)CCn1c2ccc(C(C)=O)cc2c2cc(C(C)=O)c(C)cc21.CCN(CC)CCn1c2ccc(C(C)=O)cc2c2cc(C(C)=O)c(F)cc21. The lowest BCUT2D eigenvalue weighted by atomic mass is 9.98. The fraction of sp³-hybridized carbons (Fsp3) is 0.381. The van der Waals surface area contributed by atoms with Gasteiger partial charge in [-0.05, 0) is 331 Å². The summed E-state index contributed by atoms with van der Waals surface area (Å²) in [6.07, 6.45) is 2.44. The van der Waals surface area contributed by atoms with Gasteiger partial charge in [-0.3, -0.25) is 47.9 Å². The minimum absolute atomic E-state index is 0.0187. The Morgan fingerprint density at radius 1 is 0.319 bits per heavy atom. The smallest absolute Gasteiger partial charge is 0.163 e. The van der Waals surface area contributed by atoms with Crippen LogP contribution in [0.2, 0.25) is 0 Å². The van der Waals surface area contributed by atoms with Gasteiger partial charge < -0.3 is 52.1 Å². The number of rotatable bonds is 33. The molecule has 1 atom stereocenters. The van der Waals surface area contributed by atoms with Crippen molar-refractivity contribution in [1.29, 1.82) is 0 Å². The lowest BCUT2D eigenvalue weighted by Crippen LogP contribution is -2.29. The number of likely N-dealkylation sites (N-methyl/N-ethyl adjacent to an activating group) is 5. The molecule has 0 aliphatic carbocycles. The normalized spacial score (nSPS) is 12.8. The van der Waals surface area contributed by atoms with Gasteiger partial charge in [0.05, 0.1) is 34.7 Å². The number of aromatic nitrogens is 5. The van der Waals surface area contributed by atoms with Gasteiger partial charge in [-0.2, -0.15) is 0 Å². The summed E-state index contributed by atoms with van der Waals surface area (Å²) in [5.74, 6) is 0.112. The van der Waals surface area contributed by atoms with E-state index in [0.717, 1.165) is 243 Å². The molecule has 1 aliphatic heterocycles. The summed E-state index contributed by atoms with van der Waals surface area (Å²) in [6, 6.07) is 50.5. The summed E-state index contributed by atoms with van der Waals surface area (Å²) >= 11 is 0. The Morgan fingerprint density at radius 3 is 0.919 bits per heavy atom. The van der Waals surface area contributed by atoms with Crippen molar-refractivity contribution >= 4 is 167 Å². The van der Waals surface area contributed by atoms with Crippen LogP contribution in [0.4, 0.5) is 4.39 Å². The van der Waals surface area contributed by atoms with Gasteiger partial charge in [-0.15, -0.1) is 0 Å². The third kappa shape index (κ3) is 21.6. The van der Waals surface area contributed by atoms with Gasteiger partial charge in [0.2, 0.25) is 0 Å². The Bertz CT molecular complexity index is 6840. The molecule has 16 rings (SSSR count). The first-order valence-electron chi connectivity index (χ1n) is 47.8. The highest BCUT2D eigenvalue weighted by molar-refractivity contribution is 6.20. The Hall–Kier alpha value is -12.6. The first-order valence-corrected chi connectivity index (χ1v) is 47.8. The number of carbonyl (C=O) groups is 10. The van der Waals surface area contributed by atoms with E-state index in [2.05, 4.69) is 134 Å². The van der Waals surface area contributed by atoms with Gasteiger partial charge in [0.1, 0.15) is 11.6 Å². The lowest BCUT2D eigenvalue weighted by Gasteiger charge is -2.21. The maximum atomic E-state index is 14.5. The molecule has 0 radical (unpaired) electrons. The van der Waals surface area contributed by atoms with E-state index in [4.69, 9.17) is 4.74 Å². The predicted molar refractivity (Wildman–Crippen MR) is 550 cm³/mol. The van der Waals surface area contributed by atoms with Crippen molar-refractivity contribution in [2.24, 2.45) is 0 Å². The van der Waals surface area contributed by atoms with Crippen molar-refractivity contribution in [3.05, 3.63) is 230 Å². The van der Waals surface area contributed by atoms with Crippen LogP contribution in [0, 0.1) is 19.7 Å². The van der Waals surface area contributed by atoms with Crippen LogP contribution >= 0.6 is 0 Å². The third-order valence-corrected chi connectivity index (χ3v) is 27.7. The Balaban J connectivity index is 0.000000152. The molecule has 1 fully saturated rings. The molecule has 15 aromatic rings. The van der Waals surface area contributed by atoms with E-state index in [0.29, 0.717) is 57.3 Å². The van der Waals surface area contributed by atoms with Crippen LogP contribution in [0.15, 0.2) is 158 Å². The summed E-state index contributed by atoms with van der Waals surface area (Å²) in [6.45, 7) is 53.9. The highest BCUT2D eigenvalue weighted by atomic mass is 19.1. The van der Waals surface area contributed by atoms with E-state index in [1.807, 2.05) is 129 Å². The minimum Gasteiger partial charge on any atom is -0.495 e. The quantitative estimate of drug-likeness (QED) is 0.0349. The Kier molecular flexibility index (Phi) is 33.3. The molecule has 6 heterocycles. The standard InChI is InChI=1S/C23H28N2O3.2C23H28N2O2.C22H25FN2O2.C22H24N2O2/c1-6-24(7-2)12-13-25-20-10-8-17(15(3)26)14-19(20)22-21(25)11-9-18(16(4)27)23(22)28-5;1-6-24(7-2)12-13-25-21-10-8-18(16(4)26)14-20(21)23-15(3)19(17(5)27)9-11-22(23)25;1-6-24(7-2)10-11-25-22-9-8-18(16(4)26)13-20(22)21-14-19(17(5)27)15(3)12-23(21)25;1-5-24(6-2)9-10-25-21-8-7-16(14(3)26)11-18(21)19-12-17(15(4)27)20(23)13-22(19)25;1-14(25)16-6-8-21-19(11-16)20-12-17(15(2)26)7-9-22(20)24(21)13-18-5-4-10-23(18)3/h8-11,14H,6-7,12-13H2,1-5H3;8-11,14H,6-7,12-13H2,1-5H3;8-9,12-14H,6-7,10-11H2,1-5H3;7-8,11-13H,5-6,9-10H2,1-4H3;6-9,11-12,18H,4-5,10,13H2,1-3H3. The molecule has 0 spiro atoms. The second kappa shape index (κ2) is 44.3. The van der Waals surface area contributed by atoms with Crippen LogP contribution in [-0.2, 0) is 32.7 Å². The number of methoxy groups -OCH3 is 1. The molecule has 5 aromatic heterocycles. The molecular formula is C113H133FN10O11. The van der Waals surface area contributed by atoms with Crippen LogP contribution < -0.4 is 4.74 Å². The predicted octanol–water partition coefficient (Wildman–Crippen LogP) is 23.2. The monoisotopic (exact) mass is 1830 g/mol. The molecule has 22 heteroatoms. The van der Waals surface area contributed by atoms with Gasteiger partial charge in [0.15, 0.2) is 57.8 Å². The highest BCUT2D eigenvalue weighted by Gasteiger charge is 2.28. The summed E-state index contributed by atoms with van der Waals surface area (Å²) < 4.78 is 31.5. The van der Waals surface area contributed by atoms with E-state index in [9.17, 15) is 52.3 Å². The second-order valence-corrected chi connectivity index (χ2v) is 35.8. The maximum absolute atomic E-state index is 14.5. The van der Waals surface area contributed by atoms with Gasteiger partial charge in [0.25, 0.3) is 0 Å². The molecule has 0 saturated carbocycles. The molecule has 1 aliphatic rings. The molecular weight excluding hydrogens is 1690 g/mol. The van der Waals surface area contributed by atoms with E-state index in [1.54, 1.807) is 74.6 Å². The number of hydrogen-bond donors (Lipinski definition) is 0. The van der Waals surface area contributed by atoms with Crippen molar-refractivity contribution in [3.8, 4) is 5.75 Å². The summed E-state index contributed by atoms with van der Waals surface area (Å²) in [5.41, 5.74) is 18.7. The number of fused-ring (bicyclic) bond motifs is 15. The van der Waals surface area contributed by atoms with Crippen molar-refractivity contribution in [2.75, 3.05) is 99.2 Å². The van der Waals surface area contributed by atoms with E-state index < -0.39 is 5.82 Å². The minimum atomic E-state index is -0.506. The second-order valence-electron chi connectivity index (χ2n) is 35.8. The molecule has 135 heavy (non-hydrogen) atoms. The number of ketones is 10. The fourth-order valence-electron chi connectivity index (χ4n) is 19.5. The summed E-state index contributed by atoms with van der Waals surface area (Å²) in [7, 11) is 3.78. The van der Waals surface area contributed by atoms with Gasteiger partial charge in [0, 0.05) is 202 Å². The zero-order valence-electron chi connectivity index (χ0n) is 83.1. The first kappa shape index (κ1) is 101. The zero-order chi connectivity index (χ0) is 98.0. The number of nitrogens with zero attached hydrogens (tertiary/aromatic N) is 10. The largest absolute Gasteiger partial charge is 0.495 e. The third-order valence-electron chi connectivity index (χ3n) is 27.7. The average Bonchev–Trinajstić information content (AvgIpc) is 1.59. The molecule has 0 bridgehead atoms. The van der Waals surface area contributed by atoms with Crippen molar-refractivity contribution < 1.29 is 57.1 Å². The van der Waals surface area contributed by atoms with Crippen LogP contribution in [0.25, 0.3) is 109 Å². The number of likely N-dealkylation sites (tertiary alicyclic amines) is 1. The van der Waals surface area contributed by atoms with Crippen LogP contribution in [0.3, 0.4) is 0 Å². The maximum Gasteiger partial charge on any atom is 0.163 e. The van der Waals surface area contributed by atoms with Crippen molar-refractivity contribution in [2.45, 2.75) is 190 Å². The van der Waals surface area contributed by atoms with E-state index in [1.165, 1.54) is 32.8 Å². The molecule has 0 N–H and O–H groups in total. The number of carbonyl (C=O) groups excluding carboxylic acids is 10. The number of aryl methyl sites for hydroxylation is 2. The van der Waals surface area contributed by atoms with Crippen molar-refractivity contribution in [1.82, 2.24) is 47.3 Å².